The highest BCUT2D eigenvalue weighted by molar-refractivity contribution is 5.73. The fourth-order valence-electron chi connectivity index (χ4n) is 2.31. The number of aromatic nitrogens is 1. The van der Waals surface area contributed by atoms with Crippen molar-refractivity contribution in [2.24, 2.45) is 0 Å². The van der Waals surface area contributed by atoms with Crippen molar-refractivity contribution in [3.63, 3.8) is 0 Å². The standard InChI is InChI=1S/C14H16FN3O2/c1-9(19)18-10-2-4-11(5-3-10)20-12-6-13(15)14(7-16)17-8-12/h6,8,10-11H,2-5H2,1H3,(H,18,19)/i/hD. The van der Waals surface area contributed by atoms with Crippen molar-refractivity contribution in [1.29, 1.82) is 5.26 Å². The Morgan fingerprint density at radius 2 is 2.30 bits per heavy atom. The van der Waals surface area contributed by atoms with Crippen LogP contribution in [0.5, 0.6) is 5.75 Å². The number of carbonyl (C=O) groups is 1. The Balaban J connectivity index is 1.91. The lowest BCUT2D eigenvalue weighted by Gasteiger charge is -2.29. The highest BCUT2D eigenvalue weighted by Crippen LogP contribution is 2.24. The normalized spacial score (nSPS) is 22.6. The van der Waals surface area contributed by atoms with Gasteiger partial charge in [-0.1, -0.05) is 0 Å². The van der Waals surface area contributed by atoms with E-state index in [1.165, 1.54) is 13.1 Å². The molecule has 0 saturated heterocycles. The Bertz CT molecular complexity index is 568. The number of ether oxygens (including phenoxy) is 1. The number of nitrogens with one attached hydrogen (secondary N) is 1. The predicted molar refractivity (Wildman–Crippen MR) is 69.4 cm³/mol. The van der Waals surface area contributed by atoms with Gasteiger partial charge in [-0.05, 0) is 25.7 Å². The van der Waals surface area contributed by atoms with Crippen LogP contribution in [0.1, 0.15) is 38.3 Å². The van der Waals surface area contributed by atoms with Crippen LogP contribution < -0.4 is 10.0 Å². The number of halogens is 1. The number of carbonyl (C=O) groups excluding carboxylic acids is 1. The van der Waals surface area contributed by atoms with Gasteiger partial charge in [-0.3, -0.25) is 4.79 Å². The van der Waals surface area contributed by atoms with Gasteiger partial charge in [0.2, 0.25) is 5.91 Å². The monoisotopic (exact) mass is 278 g/mol. The van der Waals surface area contributed by atoms with Crippen molar-refractivity contribution in [3.8, 4) is 11.8 Å². The number of hydrogen-bond acceptors (Lipinski definition) is 4. The second-order valence-electron chi connectivity index (χ2n) is 4.81. The van der Waals surface area contributed by atoms with E-state index in [9.17, 15) is 9.18 Å². The van der Waals surface area contributed by atoms with Gasteiger partial charge < -0.3 is 10.0 Å². The van der Waals surface area contributed by atoms with Crippen LogP contribution in [-0.2, 0) is 4.79 Å². The molecule has 5 nitrogen and oxygen atoms in total. The third-order valence-corrected chi connectivity index (χ3v) is 3.23. The van der Waals surface area contributed by atoms with E-state index in [1.54, 1.807) is 6.07 Å². The Morgan fingerprint density at radius 3 is 2.85 bits per heavy atom. The van der Waals surface area contributed by atoms with E-state index < -0.39 is 5.82 Å². The quantitative estimate of drug-likeness (QED) is 0.916. The van der Waals surface area contributed by atoms with E-state index in [1.807, 2.05) is 0 Å². The molecule has 1 aromatic rings. The molecule has 2 rings (SSSR count). The molecular formula is C14H16FN3O2. The van der Waals surface area contributed by atoms with E-state index in [-0.39, 0.29) is 23.7 Å². The lowest BCUT2D eigenvalue weighted by atomic mass is 9.93. The number of nitriles is 1. The zero-order valence-corrected chi connectivity index (χ0v) is 11.2. The summed E-state index contributed by atoms with van der Waals surface area (Å²) in [5.74, 6) is -0.667. The second kappa shape index (κ2) is 6.33. The molecular weight excluding hydrogens is 261 g/mol. The first kappa shape index (κ1) is 12.9. The van der Waals surface area contributed by atoms with E-state index in [0.29, 0.717) is 31.4 Å². The minimum Gasteiger partial charge on any atom is -0.489 e. The summed E-state index contributed by atoms with van der Waals surface area (Å²) < 4.78 is 26.7. The topological polar surface area (TPSA) is 75.0 Å². The minimum atomic E-state index is -0.697. The molecule has 1 aliphatic carbocycles. The summed E-state index contributed by atoms with van der Waals surface area (Å²) in [5.41, 5.74) is -0.252. The van der Waals surface area contributed by atoms with Crippen molar-refractivity contribution in [1.82, 2.24) is 10.3 Å². The maximum atomic E-state index is 13.4. The van der Waals surface area contributed by atoms with Gasteiger partial charge in [-0.25, -0.2) is 9.37 Å². The van der Waals surface area contributed by atoms with Crippen LogP contribution in [0.4, 0.5) is 4.39 Å². The summed E-state index contributed by atoms with van der Waals surface area (Å²) in [5, 5.41) is 9.63. The SMILES string of the molecule is [2H]N(C(C)=O)C1CCC(Oc2cnc(C#N)c(F)c2)CC1. The van der Waals surface area contributed by atoms with Gasteiger partial charge in [0, 0.05) is 19.0 Å². The predicted octanol–water partition coefficient (Wildman–Crippen LogP) is 1.92. The summed E-state index contributed by atoms with van der Waals surface area (Å²) in [6.45, 7) is 1.38. The molecule has 0 unspecified atom stereocenters. The zero-order chi connectivity index (χ0) is 15.4. The molecule has 1 aliphatic rings. The van der Waals surface area contributed by atoms with Gasteiger partial charge in [0.1, 0.15) is 11.8 Å². The van der Waals surface area contributed by atoms with Gasteiger partial charge in [0.15, 0.2) is 12.9 Å². The number of pyridine rings is 1. The number of nitrogens with zero attached hydrogens (tertiary/aromatic N) is 2. The first-order chi connectivity index (χ1) is 10.0. The Morgan fingerprint density at radius 1 is 1.60 bits per heavy atom. The lowest BCUT2D eigenvalue weighted by molar-refractivity contribution is -0.120. The summed E-state index contributed by atoms with van der Waals surface area (Å²) in [6, 6.07) is 2.73. The van der Waals surface area contributed by atoms with Crippen molar-refractivity contribution < 1.29 is 15.3 Å². The molecule has 6 heteroatoms. The number of amides is 1. The first-order valence-corrected chi connectivity index (χ1v) is 6.52. The van der Waals surface area contributed by atoms with Crippen molar-refractivity contribution >= 4 is 5.91 Å². The maximum Gasteiger partial charge on any atom is 0.217 e. The molecule has 1 saturated carbocycles. The van der Waals surface area contributed by atoms with Crippen LogP contribution in [0, 0.1) is 17.1 Å². The Hall–Kier alpha value is -2.16. The summed E-state index contributed by atoms with van der Waals surface area (Å²) in [6.07, 6.45) is 3.99. The van der Waals surface area contributed by atoms with Crippen LogP contribution in [0.25, 0.3) is 0 Å². The van der Waals surface area contributed by atoms with Crippen molar-refractivity contribution in [3.05, 3.63) is 23.8 Å². The Labute approximate surface area is 118 Å². The molecule has 1 N–H and O–H groups in total. The third kappa shape index (κ3) is 3.67. The summed E-state index contributed by atoms with van der Waals surface area (Å²) in [4.78, 5) is 14.8. The molecule has 1 fully saturated rings. The molecule has 106 valence electrons. The second-order valence-corrected chi connectivity index (χ2v) is 4.81. The smallest absolute Gasteiger partial charge is 0.217 e. The van der Waals surface area contributed by atoms with E-state index in [4.69, 9.17) is 11.4 Å². The minimum absolute atomic E-state index is 0.0850. The average molecular weight is 278 g/mol. The van der Waals surface area contributed by atoms with Crippen LogP contribution >= 0.6 is 0 Å². The van der Waals surface area contributed by atoms with Gasteiger partial charge in [0.25, 0.3) is 0 Å². The molecule has 0 atom stereocenters. The summed E-state index contributed by atoms with van der Waals surface area (Å²) in [7, 11) is 0. The fourth-order valence-corrected chi connectivity index (χ4v) is 2.31. The third-order valence-electron chi connectivity index (χ3n) is 3.23. The maximum absolute atomic E-state index is 13.4. The van der Waals surface area contributed by atoms with Gasteiger partial charge in [0.05, 0.1) is 12.3 Å². The first-order valence-electron chi connectivity index (χ1n) is 6.97. The molecule has 0 radical (unpaired) electrons. The highest BCUT2D eigenvalue weighted by atomic mass is 19.1. The number of rotatable bonds is 3. The molecule has 0 spiro atoms. The molecule has 20 heavy (non-hydrogen) atoms. The largest absolute Gasteiger partial charge is 0.489 e. The molecule has 0 aromatic carbocycles. The molecule has 0 aliphatic heterocycles. The Kier molecular flexibility index (Phi) is 4.07. The van der Waals surface area contributed by atoms with Crippen LogP contribution in [0.2, 0.25) is 1.41 Å². The van der Waals surface area contributed by atoms with E-state index >= 15 is 0 Å². The average Bonchev–Trinajstić information content (AvgIpc) is 2.47. The number of hydrogen-bond donors (Lipinski definition) is 1. The lowest BCUT2D eigenvalue weighted by Crippen LogP contribution is -2.38. The zero-order valence-electron chi connectivity index (χ0n) is 12.2. The van der Waals surface area contributed by atoms with Crippen LogP contribution in [0.15, 0.2) is 12.3 Å². The fraction of sp³-hybridized carbons (Fsp3) is 0.500. The van der Waals surface area contributed by atoms with Crippen molar-refractivity contribution in [2.75, 3.05) is 0 Å². The van der Waals surface area contributed by atoms with Crippen LogP contribution in [0.3, 0.4) is 0 Å². The molecule has 1 heterocycles. The summed E-state index contributed by atoms with van der Waals surface area (Å²) >= 11 is 0. The highest BCUT2D eigenvalue weighted by Gasteiger charge is 2.23. The molecule has 0 bridgehead atoms. The molecule has 1 amide bonds. The van der Waals surface area contributed by atoms with Gasteiger partial charge in [-0.15, -0.1) is 0 Å². The van der Waals surface area contributed by atoms with Crippen molar-refractivity contribution in [2.45, 2.75) is 44.8 Å². The van der Waals surface area contributed by atoms with E-state index in [2.05, 4.69) is 4.98 Å². The van der Waals surface area contributed by atoms with Gasteiger partial charge >= 0.3 is 0 Å². The van der Waals surface area contributed by atoms with E-state index in [0.717, 1.165) is 11.4 Å². The van der Waals surface area contributed by atoms with Gasteiger partial charge in [-0.2, -0.15) is 5.26 Å². The molecule has 1 aromatic heterocycles. The van der Waals surface area contributed by atoms with Crippen LogP contribution in [-0.4, -0.2) is 23.0 Å².